The number of nitrogens with zero attached hydrogens (tertiary/aromatic N) is 3. The van der Waals surface area contributed by atoms with Gasteiger partial charge in [-0.25, -0.2) is 4.98 Å². The number of amides is 2. The Kier molecular flexibility index (Phi) is 4.49. The zero-order chi connectivity index (χ0) is 18.8. The van der Waals surface area contributed by atoms with Crippen LogP contribution in [-0.2, 0) is 19.5 Å². The molecule has 0 spiro atoms. The molecule has 0 atom stereocenters. The van der Waals surface area contributed by atoms with Crippen molar-refractivity contribution in [1.29, 1.82) is 0 Å². The lowest BCUT2D eigenvalue weighted by Crippen LogP contribution is -2.27. The maximum atomic E-state index is 12.7. The lowest BCUT2D eigenvalue weighted by Gasteiger charge is -2.16. The van der Waals surface area contributed by atoms with Crippen LogP contribution in [0, 0.1) is 6.92 Å². The first-order valence-electron chi connectivity index (χ1n) is 8.76. The van der Waals surface area contributed by atoms with Crippen molar-refractivity contribution in [3.63, 3.8) is 0 Å². The normalized spacial score (nSPS) is 13.2. The Hall–Kier alpha value is -3.36. The van der Waals surface area contributed by atoms with Crippen LogP contribution in [-0.4, -0.2) is 26.5 Å². The third-order valence-corrected chi connectivity index (χ3v) is 4.41. The molecule has 0 aliphatic carbocycles. The molecule has 0 bridgehead atoms. The number of furan rings is 1. The molecule has 0 saturated carbocycles. The number of aromatic nitrogens is 3. The van der Waals surface area contributed by atoms with Crippen LogP contribution in [0.1, 0.15) is 51.2 Å². The number of fused-ring (bicyclic) bond motifs is 1. The van der Waals surface area contributed by atoms with Gasteiger partial charge in [-0.3, -0.25) is 9.59 Å². The Labute approximate surface area is 154 Å². The monoisotopic (exact) mass is 369 g/mol. The number of hydrogen-bond donors (Lipinski definition) is 2. The van der Waals surface area contributed by atoms with Crippen molar-refractivity contribution in [2.75, 3.05) is 5.32 Å². The second-order valence-corrected chi connectivity index (χ2v) is 6.38. The van der Waals surface area contributed by atoms with E-state index >= 15 is 0 Å². The van der Waals surface area contributed by atoms with E-state index in [1.165, 1.54) is 0 Å². The van der Waals surface area contributed by atoms with Crippen molar-refractivity contribution in [1.82, 2.24) is 20.0 Å². The Morgan fingerprint density at radius 1 is 1.30 bits per heavy atom. The average Bonchev–Trinajstić information content (AvgIpc) is 3.39. The molecule has 9 nitrogen and oxygen atoms in total. The molecule has 2 N–H and O–H groups in total. The van der Waals surface area contributed by atoms with Gasteiger partial charge in [-0.2, -0.15) is 0 Å². The highest BCUT2D eigenvalue weighted by atomic mass is 16.5. The average molecular weight is 369 g/mol. The molecule has 1 aliphatic rings. The van der Waals surface area contributed by atoms with E-state index in [-0.39, 0.29) is 24.0 Å². The Balaban J connectivity index is 1.57. The Morgan fingerprint density at radius 2 is 2.19 bits per heavy atom. The molecule has 4 rings (SSSR count). The summed E-state index contributed by atoms with van der Waals surface area (Å²) in [6, 6.07) is 5.16. The molecule has 2 amide bonds. The minimum atomic E-state index is -0.404. The maximum absolute atomic E-state index is 12.7. The van der Waals surface area contributed by atoms with Crippen molar-refractivity contribution in [2.24, 2.45) is 0 Å². The summed E-state index contributed by atoms with van der Waals surface area (Å²) in [4.78, 5) is 29.6. The van der Waals surface area contributed by atoms with E-state index in [1.807, 2.05) is 4.57 Å². The third-order valence-electron chi connectivity index (χ3n) is 4.41. The SMILES string of the molecule is Cc1cc(NC(=O)c2nc(C(=O)NCc3ccco3)n3c2CCCC3)no1. The molecule has 0 radical (unpaired) electrons. The molecule has 0 aromatic carbocycles. The van der Waals surface area contributed by atoms with Crippen LogP contribution in [0.25, 0.3) is 0 Å². The van der Waals surface area contributed by atoms with Crippen molar-refractivity contribution in [3.8, 4) is 0 Å². The van der Waals surface area contributed by atoms with Gasteiger partial charge in [0, 0.05) is 12.6 Å². The highest BCUT2D eigenvalue weighted by molar-refractivity contribution is 6.04. The quantitative estimate of drug-likeness (QED) is 0.713. The van der Waals surface area contributed by atoms with Crippen LogP contribution < -0.4 is 10.6 Å². The summed E-state index contributed by atoms with van der Waals surface area (Å²) < 4.78 is 12.0. The number of anilines is 1. The van der Waals surface area contributed by atoms with Crippen molar-refractivity contribution < 1.29 is 18.5 Å². The lowest BCUT2D eigenvalue weighted by molar-refractivity contribution is 0.0932. The number of carbonyl (C=O) groups is 2. The molecule has 4 heterocycles. The number of aryl methyl sites for hydroxylation is 1. The zero-order valence-electron chi connectivity index (χ0n) is 14.8. The van der Waals surface area contributed by atoms with Crippen molar-refractivity contribution in [3.05, 3.63) is 53.2 Å². The lowest BCUT2D eigenvalue weighted by atomic mass is 10.1. The molecule has 140 valence electrons. The summed E-state index contributed by atoms with van der Waals surface area (Å²) in [6.07, 6.45) is 4.12. The molecule has 3 aromatic rings. The molecular formula is C18H19N5O4. The summed E-state index contributed by atoms with van der Waals surface area (Å²) in [7, 11) is 0. The Bertz CT molecular complexity index is 970. The van der Waals surface area contributed by atoms with Crippen LogP contribution in [0.5, 0.6) is 0 Å². The fourth-order valence-electron chi connectivity index (χ4n) is 3.16. The Morgan fingerprint density at radius 3 is 2.93 bits per heavy atom. The first-order chi connectivity index (χ1) is 13.1. The van der Waals surface area contributed by atoms with E-state index in [1.54, 1.807) is 31.4 Å². The molecule has 0 unspecified atom stereocenters. The molecule has 1 aliphatic heterocycles. The number of nitrogens with one attached hydrogen (secondary N) is 2. The van der Waals surface area contributed by atoms with Crippen molar-refractivity contribution >= 4 is 17.6 Å². The van der Waals surface area contributed by atoms with Gasteiger partial charge in [-0.1, -0.05) is 5.16 Å². The number of carbonyl (C=O) groups excluding carboxylic acids is 2. The maximum Gasteiger partial charge on any atom is 0.287 e. The first kappa shape index (κ1) is 17.1. The smallest absolute Gasteiger partial charge is 0.287 e. The third kappa shape index (κ3) is 3.48. The van der Waals surface area contributed by atoms with Gasteiger partial charge in [0.2, 0.25) is 0 Å². The molecule has 0 fully saturated rings. The van der Waals surface area contributed by atoms with Gasteiger partial charge in [-0.05, 0) is 38.3 Å². The van der Waals surface area contributed by atoms with Gasteiger partial charge in [0.05, 0.1) is 18.5 Å². The van der Waals surface area contributed by atoms with Crippen LogP contribution in [0.3, 0.4) is 0 Å². The minimum Gasteiger partial charge on any atom is -0.467 e. The van der Waals surface area contributed by atoms with E-state index in [9.17, 15) is 9.59 Å². The molecular weight excluding hydrogens is 350 g/mol. The summed E-state index contributed by atoms with van der Waals surface area (Å²) in [6.45, 7) is 2.65. The number of hydrogen-bond acceptors (Lipinski definition) is 6. The fraction of sp³-hybridized carbons (Fsp3) is 0.333. The predicted molar refractivity (Wildman–Crippen MR) is 94.2 cm³/mol. The summed E-state index contributed by atoms with van der Waals surface area (Å²) in [5, 5.41) is 9.21. The van der Waals surface area contributed by atoms with Gasteiger partial charge in [0.1, 0.15) is 11.5 Å². The zero-order valence-corrected chi connectivity index (χ0v) is 14.8. The van der Waals surface area contributed by atoms with Gasteiger partial charge < -0.3 is 24.1 Å². The fourth-order valence-corrected chi connectivity index (χ4v) is 3.16. The van der Waals surface area contributed by atoms with E-state index < -0.39 is 5.91 Å². The first-order valence-corrected chi connectivity index (χ1v) is 8.76. The summed E-state index contributed by atoms with van der Waals surface area (Å²) in [5.74, 6) is 1.05. The van der Waals surface area contributed by atoms with Crippen LogP contribution in [0.15, 0.2) is 33.4 Å². The predicted octanol–water partition coefficient (Wildman–Crippen LogP) is 2.29. The second-order valence-electron chi connectivity index (χ2n) is 6.38. The van der Waals surface area contributed by atoms with Crippen LogP contribution in [0.2, 0.25) is 0 Å². The molecule has 3 aromatic heterocycles. The van der Waals surface area contributed by atoms with Gasteiger partial charge in [0.25, 0.3) is 11.8 Å². The second kappa shape index (κ2) is 7.10. The van der Waals surface area contributed by atoms with E-state index in [2.05, 4.69) is 20.8 Å². The number of rotatable bonds is 5. The van der Waals surface area contributed by atoms with E-state index in [4.69, 9.17) is 8.94 Å². The summed E-state index contributed by atoms with van der Waals surface area (Å²) in [5.41, 5.74) is 1.01. The minimum absolute atomic E-state index is 0.234. The highest BCUT2D eigenvalue weighted by Gasteiger charge is 2.27. The van der Waals surface area contributed by atoms with Crippen LogP contribution in [0.4, 0.5) is 5.82 Å². The topological polar surface area (TPSA) is 115 Å². The number of imidazole rings is 1. The molecule has 9 heteroatoms. The largest absolute Gasteiger partial charge is 0.467 e. The van der Waals surface area contributed by atoms with Gasteiger partial charge in [0.15, 0.2) is 17.3 Å². The van der Waals surface area contributed by atoms with Gasteiger partial charge in [-0.15, -0.1) is 0 Å². The van der Waals surface area contributed by atoms with E-state index in [0.717, 1.165) is 18.5 Å². The van der Waals surface area contributed by atoms with Gasteiger partial charge >= 0.3 is 0 Å². The highest BCUT2D eigenvalue weighted by Crippen LogP contribution is 2.22. The van der Waals surface area contributed by atoms with Crippen LogP contribution >= 0.6 is 0 Å². The molecule has 0 saturated heterocycles. The molecule has 27 heavy (non-hydrogen) atoms. The van der Waals surface area contributed by atoms with Crippen molar-refractivity contribution in [2.45, 2.75) is 39.3 Å². The summed E-state index contributed by atoms with van der Waals surface area (Å²) >= 11 is 0. The van der Waals surface area contributed by atoms with E-state index in [0.29, 0.717) is 30.3 Å². The standard InChI is InChI=1S/C18H19N5O4/c1-11-9-14(22-27-11)20-17(24)15-13-6-2-3-7-23(13)16(21-15)18(25)19-10-12-5-4-8-26-12/h4-5,8-9H,2-3,6-7,10H2,1H3,(H,19,25)(H,20,22,24).